The standard InChI is InChI=1S/C10H9NO2S/c1-11(12)8-6-13-9-5-3-2-4-7(9)10(8)14/h2-6,12H,1H3. The lowest BCUT2D eigenvalue weighted by Crippen LogP contribution is -2.10. The first-order valence-corrected chi connectivity index (χ1v) is 4.54. The van der Waals surface area contributed by atoms with Crippen molar-refractivity contribution in [3.63, 3.8) is 0 Å². The van der Waals surface area contributed by atoms with Crippen LogP contribution in [0.25, 0.3) is 11.0 Å². The van der Waals surface area contributed by atoms with Gasteiger partial charge in [0.15, 0.2) is 0 Å². The highest BCUT2D eigenvalue weighted by Gasteiger charge is 2.04. The molecule has 0 saturated heterocycles. The van der Waals surface area contributed by atoms with E-state index in [0.717, 1.165) is 16.0 Å². The summed E-state index contributed by atoms with van der Waals surface area (Å²) in [4.78, 5) is 0. The van der Waals surface area contributed by atoms with Crippen LogP contribution in [-0.2, 0) is 0 Å². The Morgan fingerprint density at radius 1 is 1.36 bits per heavy atom. The molecule has 4 heteroatoms. The Bertz CT molecular complexity index is 519. The fraction of sp³-hybridized carbons (Fsp3) is 0.100. The van der Waals surface area contributed by atoms with Gasteiger partial charge in [-0.3, -0.25) is 10.3 Å². The van der Waals surface area contributed by atoms with Crippen LogP contribution in [0.4, 0.5) is 5.69 Å². The number of hydrogen-bond donors (Lipinski definition) is 1. The highest BCUT2D eigenvalue weighted by Crippen LogP contribution is 2.23. The van der Waals surface area contributed by atoms with E-state index in [9.17, 15) is 5.21 Å². The fourth-order valence-corrected chi connectivity index (χ4v) is 1.64. The summed E-state index contributed by atoms with van der Waals surface area (Å²) in [6.07, 6.45) is 1.45. The van der Waals surface area contributed by atoms with E-state index < -0.39 is 0 Å². The fourth-order valence-electron chi connectivity index (χ4n) is 1.29. The molecule has 0 saturated carbocycles. The van der Waals surface area contributed by atoms with Crippen LogP contribution < -0.4 is 5.06 Å². The van der Waals surface area contributed by atoms with Crippen LogP contribution in [0.5, 0.6) is 0 Å². The van der Waals surface area contributed by atoms with E-state index in [1.54, 1.807) is 0 Å². The van der Waals surface area contributed by atoms with Gasteiger partial charge in [-0.15, -0.1) is 0 Å². The molecular formula is C10H9NO2S. The number of hydroxylamine groups is 1. The molecule has 0 spiro atoms. The normalized spacial score (nSPS) is 10.4. The summed E-state index contributed by atoms with van der Waals surface area (Å²) in [6.45, 7) is 0. The number of nitrogens with zero attached hydrogens (tertiary/aromatic N) is 1. The van der Waals surface area contributed by atoms with Gasteiger partial charge in [-0.05, 0) is 12.1 Å². The minimum absolute atomic E-state index is 0.499. The topological polar surface area (TPSA) is 36.6 Å². The molecule has 1 aromatic carbocycles. The smallest absolute Gasteiger partial charge is 0.135 e. The van der Waals surface area contributed by atoms with Crippen LogP contribution in [0.3, 0.4) is 0 Å². The molecule has 0 bridgehead atoms. The molecule has 72 valence electrons. The molecule has 0 aliphatic carbocycles. The lowest BCUT2D eigenvalue weighted by Gasteiger charge is -2.10. The molecule has 3 nitrogen and oxygen atoms in total. The number of fused-ring (bicyclic) bond motifs is 1. The average molecular weight is 207 g/mol. The Balaban J connectivity index is 2.82. The SMILES string of the molecule is CN(O)c1coc2ccccc2c1=S. The first kappa shape index (κ1) is 9.18. The van der Waals surface area contributed by atoms with E-state index in [4.69, 9.17) is 16.6 Å². The third kappa shape index (κ3) is 1.38. The monoisotopic (exact) mass is 207 g/mol. The largest absolute Gasteiger partial charge is 0.462 e. The number of para-hydroxylation sites is 1. The first-order chi connectivity index (χ1) is 6.70. The van der Waals surface area contributed by atoms with Crippen molar-refractivity contribution in [1.29, 1.82) is 0 Å². The number of benzene rings is 1. The Labute approximate surface area is 86.1 Å². The van der Waals surface area contributed by atoms with Gasteiger partial charge in [0.25, 0.3) is 0 Å². The van der Waals surface area contributed by atoms with Crippen molar-refractivity contribution in [3.05, 3.63) is 35.0 Å². The Morgan fingerprint density at radius 3 is 2.79 bits per heavy atom. The number of anilines is 1. The Kier molecular flexibility index (Phi) is 2.23. The molecule has 0 atom stereocenters. The van der Waals surface area contributed by atoms with Gasteiger partial charge in [0, 0.05) is 12.4 Å². The maximum absolute atomic E-state index is 9.27. The van der Waals surface area contributed by atoms with Crippen molar-refractivity contribution in [3.8, 4) is 0 Å². The quantitative estimate of drug-likeness (QED) is 0.576. The number of rotatable bonds is 1. The average Bonchev–Trinajstić information content (AvgIpc) is 2.18. The van der Waals surface area contributed by atoms with Crippen molar-refractivity contribution >= 4 is 28.9 Å². The third-order valence-electron chi connectivity index (χ3n) is 2.01. The van der Waals surface area contributed by atoms with Crippen molar-refractivity contribution in [2.45, 2.75) is 0 Å². The van der Waals surface area contributed by atoms with Gasteiger partial charge < -0.3 is 4.42 Å². The van der Waals surface area contributed by atoms with Gasteiger partial charge in [0.1, 0.15) is 17.5 Å². The zero-order valence-corrected chi connectivity index (χ0v) is 8.41. The summed E-state index contributed by atoms with van der Waals surface area (Å²) in [5.74, 6) is 0. The van der Waals surface area contributed by atoms with Gasteiger partial charge in [0.05, 0.1) is 4.51 Å². The van der Waals surface area contributed by atoms with Crippen LogP contribution in [0.15, 0.2) is 34.9 Å². The second kappa shape index (κ2) is 3.40. The van der Waals surface area contributed by atoms with Gasteiger partial charge in [-0.2, -0.15) is 0 Å². The van der Waals surface area contributed by atoms with Gasteiger partial charge in [-0.1, -0.05) is 24.4 Å². The summed E-state index contributed by atoms with van der Waals surface area (Å²) in [5.41, 5.74) is 1.22. The van der Waals surface area contributed by atoms with Gasteiger partial charge >= 0.3 is 0 Å². The van der Waals surface area contributed by atoms with Crippen LogP contribution >= 0.6 is 12.2 Å². The maximum atomic E-state index is 9.27. The lowest BCUT2D eigenvalue weighted by molar-refractivity contribution is 0.277. The zero-order chi connectivity index (χ0) is 10.1. The molecule has 2 aromatic rings. The van der Waals surface area contributed by atoms with Crippen molar-refractivity contribution in [2.75, 3.05) is 12.1 Å². The van der Waals surface area contributed by atoms with E-state index in [2.05, 4.69) is 0 Å². The van der Waals surface area contributed by atoms with E-state index in [1.807, 2.05) is 24.3 Å². The van der Waals surface area contributed by atoms with Crippen molar-refractivity contribution in [2.24, 2.45) is 0 Å². The van der Waals surface area contributed by atoms with Crippen LogP contribution in [0.1, 0.15) is 0 Å². The number of hydrogen-bond acceptors (Lipinski definition) is 4. The Hall–Kier alpha value is -1.39. The molecule has 0 unspecified atom stereocenters. The minimum atomic E-state index is 0.499. The van der Waals surface area contributed by atoms with Crippen molar-refractivity contribution in [1.82, 2.24) is 0 Å². The van der Waals surface area contributed by atoms with Gasteiger partial charge in [0.2, 0.25) is 0 Å². The highest BCUT2D eigenvalue weighted by molar-refractivity contribution is 7.71. The minimum Gasteiger partial charge on any atom is -0.462 e. The molecule has 0 aliphatic heterocycles. The summed E-state index contributed by atoms with van der Waals surface area (Å²) in [7, 11) is 1.51. The zero-order valence-electron chi connectivity index (χ0n) is 7.60. The molecule has 0 fully saturated rings. The lowest BCUT2D eigenvalue weighted by atomic mass is 10.2. The van der Waals surface area contributed by atoms with Crippen LogP contribution in [0, 0.1) is 4.51 Å². The molecular weight excluding hydrogens is 198 g/mol. The second-order valence-corrected chi connectivity index (χ2v) is 3.38. The van der Waals surface area contributed by atoms with Gasteiger partial charge in [-0.25, -0.2) is 0 Å². The third-order valence-corrected chi connectivity index (χ3v) is 2.44. The van der Waals surface area contributed by atoms with Crippen LogP contribution in [-0.4, -0.2) is 12.3 Å². The molecule has 14 heavy (non-hydrogen) atoms. The van der Waals surface area contributed by atoms with E-state index >= 15 is 0 Å². The second-order valence-electron chi connectivity index (χ2n) is 2.97. The molecule has 0 radical (unpaired) electrons. The molecule has 0 aliphatic rings. The maximum Gasteiger partial charge on any atom is 0.135 e. The predicted octanol–water partition coefficient (Wildman–Crippen LogP) is 2.99. The summed E-state index contributed by atoms with van der Waals surface area (Å²) < 4.78 is 5.91. The molecule has 1 heterocycles. The predicted molar refractivity (Wildman–Crippen MR) is 57.2 cm³/mol. The molecule has 0 amide bonds. The van der Waals surface area contributed by atoms with Crippen molar-refractivity contribution < 1.29 is 9.62 Å². The molecule has 1 N–H and O–H groups in total. The Morgan fingerprint density at radius 2 is 2.07 bits per heavy atom. The first-order valence-electron chi connectivity index (χ1n) is 4.13. The van der Waals surface area contributed by atoms with Crippen LogP contribution in [0.2, 0.25) is 0 Å². The summed E-state index contributed by atoms with van der Waals surface area (Å²) in [6, 6.07) is 7.47. The van der Waals surface area contributed by atoms with E-state index in [0.29, 0.717) is 10.2 Å². The molecule has 2 rings (SSSR count). The molecule has 1 aromatic heterocycles. The van der Waals surface area contributed by atoms with E-state index in [-0.39, 0.29) is 0 Å². The van der Waals surface area contributed by atoms with E-state index in [1.165, 1.54) is 13.3 Å². The summed E-state index contributed by atoms with van der Waals surface area (Å²) >= 11 is 5.21. The summed E-state index contributed by atoms with van der Waals surface area (Å²) in [5, 5.41) is 11.1. The highest BCUT2D eigenvalue weighted by atomic mass is 32.1.